The van der Waals surface area contributed by atoms with Crippen molar-refractivity contribution in [1.82, 2.24) is 4.57 Å². The van der Waals surface area contributed by atoms with Crippen LogP contribution in [0.2, 0.25) is 0 Å². The summed E-state index contributed by atoms with van der Waals surface area (Å²) < 4.78 is 12.7. The molecule has 0 aliphatic carbocycles. The van der Waals surface area contributed by atoms with Gasteiger partial charge in [0.15, 0.2) is 0 Å². The first-order valence-electron chi connectivity index (χ1n) is 8.43. The summed E-state index contributed by atoms with van der Waals surface area (Å²) >= 11 is 1.86. The molecule has 6 heteroatoms. The highest BCUT2D eigenvalue weighted by atomic mass is 32.2. The number of aromatic nitrogens is 1. The van der Waals surface area contributed by atoms with Gasteiger partial charge in [0, 0.05) is 28.1 Å². The number of benzene rings is 2. The topological polar surface area (TPSA) is 52.5 Å². The number of para-hydroxylation sites is 1. The van der Waals surface area contributed by atoms with E-state index in [0.29, 0.717) is 28.1 Å². The zero-order chi connectivity index (χ0) is 18.3. The lowest BCUT2D eigenvalue weighted by Crippen LogP contribution is -2.22. The highest BCUT2D eigenvalue weighted by Crippen LogP contribution is 2.38. The predicted molar refractivity (Wildman–Crippen MR) is 105 cm³/mol. The number of hydrogen-bond acceptors (Lipinski definition) is 4. The first kappa shape index (κ1) is 16.8. The van der Waals surface area contributed by atoms with Crippen LogP contribution in [-0.4, -0.2) is 29.9 Å². The Morgan fingerprint density at radius 1 is 1.19 bits per heavy atom. The molecule has 1 aliphatic heterocycles. The molecule has 0 radical (unpaired) electrons. The standard InChI is InChI=1S/C20H20N2O3S/c1-12-11-22-16(9-13-5-4-6-18(26-12)19(13)22)20(23)21-15-8-7-14(24-2)10-17(15)25-3/h4-10,12H,11H2,1-3H3,(H,21,23)/t12-/m0/s1. The van der Waals surface area contributed by atoms with Crippen LogP contribution in [0.1, 0.15) is 17.4 Å². The number of hydrogen-bond donors (Lipinski definition) is 1. The minimum Gasteiger partial charge on any atom is -0.497 e. The summed E-state index contributed by atoms with van der Waals surface area (Å²) in [6, 6.07) is 13.5. The lowest BCUT2D eigenvalue weighted by molar-refractivity contribution is 0.101. The number of methoxy groups -OCH3 is 2. The van der Waals surface area contributed by atoms with E-state index in [2.05, 4.69) is 28.9 Å². The van der Waals surface area contributed by atoms with Gasteiger partial charge >= 0.3 is 0 Å². The molecule has 0 saturated carbocycles. The second-order valence-electron chi connectivity index (χ2n) is 6.28. The third-order valence-electron chi connectivity index (χ3n) is 4.54. The quantitative estimate of drug-likeness (QED) is 0.741. The van der Waals surface area contributed by atoms with E-state index in [-0.39, 0.29) is 5.91 Å². The van der Waals surface area contributed by atoms with Crippen LogP contribution in [0.25, 0.3) is 10.9 Å². The van der Waals surface area contributed by atoms with Gasteiger partial charge in [0.1, 0.15) is 17.2 Å². The van der Waals surface area contributed by atoms with Crippen LogP contribution >= 0.6 is 11.8 Å². The van der Waals surface area contributed by atoms with Crippen molar-refractivity contribution < 1.29 is 14.3 Å². The molecule has 1 atom stereocenters. The van der Waals surface area contributed by atoms with Crippen LogP contribution in [0.3, 0.4) is 0 Å². The van der Waals surface area contributed by atoms with Crippen molar-refractivity contribution >= 4 is 34.3 Å². The number of thioether (sulfide) groups is 1. The van der Waals surface area contributed by atoms with Gasteiger partial charge in [-0.15, -0.1) is 11.8 Å². The molecule has 134 valence electrons. The van der Waals surface area contributed by atoms with Crippen molar-refractivity contribution in [3.63, 3.8) is 0 Å². The van der Waals surface area contributed by atoms with E-state index in [4.69, 9.17) is 9.47 Å². The molecule has 3 aromatic rings. The Bertz CT molecular complexity index is 996. The van der Waals surface area contributed by atoms with Crippen molar-refractivity contribution in [3.8, 4) is 11.5 Å². The summed E-state index contributed by atoms with van der Waals surface area (Å²) in [7, 11) is 3.17. The molecule has 1 N–H and O–H groups in total. The first-order valence-corrected chi connectivity index (χ1v) is 9.31. The van der Waals surface area contributed by atoms with Gasteiger partial charge in [-0.25, -0.2) is 0 Å². The number of carbonyl (C=O) groups is 1. The molecule has 1 amide bonds. The summed E-state index contributed by atoms with van der Waals surface area (Å²) in [6.07, 6.45) is 0. The number of nitrogens with zero attached hydrogens (tertiary/aromatic N) is 1. The molecule has 0 spiro atoms. The second kappa shape index (κ2) is 6.61. The Labute approximate surface area is 156 Å². The minimum atomic E-state index is -0.144. The lowest BCUT2D eigenvalue weighted by atomic mass is 10.2. The predicted octanol–water partition coefficient (Wildman–Crippen LogP) is 4.41. The van der Waals surface area contributed by atoms with Crippen LogP contribution in [0.5, 0.6) is 11.5 Å². The van der Waals surface area contributed by atoms with E-state index in [1.807, 2.05) is 23.9 Å². The fourth-order valence-corrected chi connectivity index (χ4v) is 4.52. The fourth-order valence-electron chi connectivity index (χ4n) is 3.36. The zero-order valence-corrected chi connectivity index (χ0v) is 15.7. The summed E-state index contributed by atoms with van der Waals surface area (Å²) in [5.41, 5.74) is 2.43. The number of nitrogens with one attached hydrogen (secondary N) is 1. The normalized spacial score (nSPS) is 15.7. The SMILES string of the molecule is COc1ccc(NC(=O)c2cc3cccc4c3n2C[C@H](C)S4)c(OC)c1. The van der Waals surface area contributed by atoms with E-state index in [9.17, 15) is 4.79 Å². The third kappa shape index (κ3) is 2.80. The lowest BCUT2D eigenvalue weighted by Gasteiger charge is -2.22. The van der Waals surface area contributed by atoms with E-state index in [1.165, 1.54) is 4.90 Å². The molecule has 0 saturated heterocycles. The van der Waals surface area contributed by atoms with Crippen molar-refractivity contribution in [1.29, 1.82) is 0 Å². The summed E-state index contributed by atoms with van der Waals surface area (Å²) in [4.78, 5) is 14.2. The Morgan fingerprint density at radius 3 is 2.81 bits per heavy atom. The number of rotatable bonds is 4. The van der Waals surface area contributed by atoms with Crippen LogP contribution < -0.4 is 14.8 Å². The maximum Gasteiger partial charge on any atom is 0.272 e. The summed E-state index contributed by atoms with van der Waals surface area (Å²) in [5.74, 6) is 1.10. The third-order valence-corrected chi connectivity index (χ3v) is 5.68. The van der Waals surface area contributed by atoms with Gasteiger partial charge in [0.25, 0.3) is 5.91 Å². The maximum absolute atomic E-state index is 13.0. The molecule has 1 aromatic heterocycles. The van der Waals surface area contributed by atoms with Crippen LogP contribution in [-0.2, 0) is 6.54 Å². The molecular formula is C20H20N2O3S. The molecule has 1 aliphatic rings. The van der Waals surface area contributed by atoms with Gasteiger partial charge < -0.3 is 19.4 Å². The molecule has 2 heterocycles. The van der Waals surface area contributed by atoms with Gasteiger partial charge in [-0.2, -0.15) is 0 Å². The monoisotopic (exact) mass is 368 g/mol. The van der Waals surface area contributed by atoms with Gasteiger partial charge in [0.05, 0.1) is 25.4 Å². The molecule has 0 bridgehead atoms. The smallest absolute Gasteiger partial charge is 0.272 e. The Hall–Kier alpha value is -2.60. The maximum atomic E-state index is 13.0. The molecule has 5 nitrogen and oxygen atoms in total. The van der Waals surface area contributed by atoms with E-state index < -0.39 is 0 Å². The first-order chi connectivity index (χ1) is 12.6. The average molecular weight is 368 g/mol. The Morgan fingerprint density at radius 2 is 2.04 bits per heavy atom. The van der Waals surface area contributed by atoms with E-state index >= 15 is 0 Å². The summed E-state index contributed by atoms with van der Waals surface area (Å²) in [5, 5.41) is 4.49. The van der Waals surface area contributed by atoms with Gasteiger partial charge in [-0.3, -0.25) is 4.79 Å². The minimum absolute atomic E-state index is 0.144. The number of amides is 1. The van der Waals surface area contributed by atoms with E-state index in [0.717, 1.165) is 17.4 Å². The molecule has 2 aromatic carbocycles. The van der Waals surface area contributed by atoms with E-state index in [1.54, 1.807) is 32.4 Å². The number of anilines is 1. The highest BCUT2D eigenvalue weighted by Gasteiger charge is 2.24. The van der Waals surface area contributed by atoms with Crippen LogP contribution in [0.15, 0.2) is 47.4 Å². The van der Waals surface area contributed by atoms with Gasteiger partial charge in [0.2, 0.25) is 0 Å². The molecule has 4 rings (SSSR count). The number of ether oxygens (including phenoxy) is 2. The average Bonchev–Trinajstić information content (AvgIpc) is 3.02. The second-order valence-corrected chi connectivity index (χ2v) is 7.76. The molecular weight excluding hydrogens is 348 g/mol. The van der Waals surface area contributed by atoms with Crippen LogP contribution in [0, 0.1) is 0 Å². The molecule has 0 unspecified atom stereocenters. The van der Waals surface area contributed by atoms with Crippen molar-refractivity contribution in [3.05, 3.63) is 48.2 Å². The largest absolute Gasteiger partial charge is 0.497 e. The highest BCUT2D eigenvalue weighted by molar-refractivity contribution is 8.00. The van der Waals surface area contributed by atoms with Crippen molar-refractivity contribution in [2.24, 2.45) is 0 Å². The van der Waals surface area contributed by atoms with Gasteiger partial charge in [-0.05, 0) is 24.3 Å². The van der Waals surface area contributed by atoms with Gasteiger partial charge in [-0.1, -0.05) is 19.1 Å². The van der Waals surface area contributed by atoms with Crippen molar-refractivity contribution in [2.45, 2.75) is 23.6 Å². The molecule has 26 heavy (non-hydrogen) atoms. The zero-order valence-electron chi connectivity index (χ0n) is 14.9. The van der Waals surface area contributed by atoms with Crippen molar-refractivity contribution in [2.75, 3.05) is 19.5 Å². The van der Waals surface area contributed by atoms with Crippen LogP contribution in [0.4, 0.5) is 5.69 Å². The Kier molecular flexibility index (Phi) is 4.28. The summed E-state index contributed by atoms with van der Waals surface area (Å²) in [6.45, 7) is 2.99. The molecule has 0 fully saturated rings. The Balaban J connectivity index is 1.72. The fraction of sp³-hybridized carbons (Fsp3) is 0.250. The number of carbonyl (C=O) groups excluding carboxylic acids is 1.